The number of carbonyl (C=O) groups is 2. The summed E-state index contributed by atoms with van der Waals surface area (Å²) in [5.74, 6) is -4.00. The third-order valence-electron chi connectivity index (χ3n) is 2.08. The lowest BCUT2D eigenvalue weighted by molar-refractivity contribution is -0.154. The molecule has 1 aromatic rings. The first kappa shape index (κ1) is 12.0. The van der Waals surface area contributed by atoms with E-state index >= 15 is 0 Å². The first-order valence-corrected chi connectivity index (χ1v) is 4.78. The van der Waals surface area contributed by atoms with Gasteiger partial charge in [-0.25, -0.2) is 0 Å². The number of carboxylic acids is 2. The molecule has 0 spiro atoms. The number of carboxylic acid groups (broad SMARTS) is 2. The van der Waals surface area contributed by atoms with Crippen LogP contribution in [0.25, 0.3) is 6.08 Å². The summed E-state index contributed by atoms with van der Waals surface area (Å²) in [4.78, 5) is 21.1. The van der Waals surface area contributed by atoms with E-state index in [1.165, 1.54) is 0 Å². The summed E-state index contributed by atoms with van der Waals surface area (Å²) in [6.07, 6.45) is 3.25. The van der Waals surface area contributed by atoms with Crippen LogP contribution in [0.2, 0.25) is 0 Å². The predicted octanol–water partition coefficient (Wildman–Crippen LogP) is 1.88. The van der Waals surface area contributed by atoms with E-state index in [2.05, 4.69) is 0 Å². The molecule has 0 fully saturated rings. The third kappa shape index (κ3) is 3.57. The van der Waals surface area contributed by atoms with Gasteiger partial charge in [-0.05, 0) is 12.0 Å². The predicted molar refractivity (Wildman–Crippen MR) is 58.9 cm³/mol. The summed E-state index contributed by atoms with van der Waals surface area (Å²) < 4.78 is 0. The fourth-order valence-corrected chi connectivity index (χ4v) is 1.21. The topological polar surface area (TPSA) is 74.6 Å². The van der Waals surface area contributed by atoms with Crippen LogP contribution >= 0.6 is 0 Å². The molecule has 0 amide bonds. The maximum absolute atomic E-state index is 10.6. The lowest BCUT2D eigenvalue weighted by Gasteiger charge is -2.02. The monoisotopic (exact) mass is 220 g/mol. The first-order chi connectivity index (χ1) is 7.61. The molecule has 84 valence electrons. The molecular weight excluding hydrogens is 208 g/mol. The van der Waals surface area contributed by atoms with Crippen molar-refractivity contribution in [1.29, 1.82) is 0 Å². The number of hydrogen-bond acceptors (Lipinski definition) is 2. The fourth-order valence-electron chi connectivity index (χ4n) is 1.21. The van der Waals surface area contributed by atoms with Gasteiger partial charge in [-0.3, -0.25) is 9.59 Å². The van der Waals surface area contributed by atoms with E-state index < -0.39 is 17.9 Å². The molecule has 0 bridgehead atoms. The van der Waals surface area contributed by atoms with E-state index in [0.29, 0.717) is 0 Å². The zero-order valence-corrected chi connectivity index (χ0v) is 8.54. The van der Waals surface area contributed by atoms with Crippen LogP contribution in [0.3, 0.4) is 0 Å². The van der Waals surface area contributed by atoms with Gasteiger partial charge >= 0.3 is 11.9 Å². The van der Waals surface area contributed by atoms with Crippen molar-refractivity contribution in [2.24, 2.45) is 5.92 Å². The fraction of sp³-hybridized carbons (Fsp3) is 0.167. The second-order valence-electron chi connectivity index (χ2n) is 3.28. The van der Waals surface area contributed by atoms with Gasteiger partial charge in [0.1, 0.15) is 0 Å². The number of aliphatic carboxylic acids is 2. The van der Waals surface area contributed by atoms with E-state index in [1.807, 2.05) is 30.3 Å². The van der Waals surface area contributed by atoms with Crippen LogP contribution in [0, 0.1) is 5.92 Å². The number of hydrogen-bond donors (Lipinski definition) is 2. The molecule has 1 rings (SSSR count). The Labute approximate surface area is 92.8 Å². The molecule has 0 heterocycles. The molecule has 2 N–H and O–H groups in total. The molecule has 0 saturated carbocycles. The minimum Gasteiger partial charge on any atom is -0.481 e. The minimum atomic E-state index is -1.38. The van der Waals surface area contributed by atoms with Gasteiger partial charge in [0.25, 0.3) is 0 Å². The minimum absolute atomic E-state index is 0.0143. The molecule has 0 radical (unpaired) electrons. The normalized spacial score (nSPS) is 10.8. The molecule has 4 heteroatoms. The van der Waals surface area contributed by atoms with Crippen molar-refractivity contribution in [3.63, 3.8) is 0 Å². The van der Waals surface area contributed by atoms with Gasteiger partial charge in [-0.15, -0.1) is 0 Å². The lowest BCUT2D eigenvalue weighted by atomic mass is 10.1. The molecule has 0 aliphatic heterocycles. The molecule has 0 aliphatic rings. The highest BCUT2D eigenvalue weighted by atomic mass is 16.4. The van der Waals surface area contributed by atoms with E-state index in [0.717, 1.165) is 5.56 Å². The first-order valence-electron chi connectivity index (χ1n) is 4.78. The molecule has 0 aromatic heterocycles. The summed E-state index contributed by atoms with van der Waals surface area (Å²) in [5, 5.41) is 17.3. The maximum Gasteiger partial charge on any atom is 0.318 e. The quantitative estimate of drug-likeness (QED) is 0.743. The highest BCUT2D eigenvalue weighted by molar-refractivity contribution is 5.93. The summed E-state index contributed by atoms with van der Waals surface area (Å²) >= 11 is 0. The Morgan fingerprint density at radius 1 is 1.12 bits per heavy atom. The average molecular weight is 220 g/mol. The molecule has 0 atom stereocenters. The van der Waals surface area contributed by atoms with Gasteiger partial charge in [0.15, 0.2) is 5.92 Å². The largest absolute Gasteiger partial charge is 0.481 e. The number of benzene rings is 1. The SMILES string of the molecule is O=C(O)C(CC=Cc1ccccc1)C(=O)O. The Morgan fingerprint density at radius 2 is 1.69 bits per heavy atom. The zero-order valence-electron chi connectivity index (χ0n) is 8.54. The van der Waals surface area contributed by atoms with Crippen molar-refractivity contribution in [2.45, 2.75) is 6.42 Å². The van der Waals surface area contributed by atoms with E-state index in [4.69, 9.17) is 10.2 Å². The summed E-state index contributed by atoms with van der Waals surface area (Å²) in [6.45, 7) is 0. The molecule has 1 aromatic carbocycles. The highest BCUT2D eigenvalue weighted by Crippen LogP contribution is 2.08. The van der Waals surface area contributed by atoms with Crippen molar-refractivity contribution in [2.75, 3.05) is 0 Å². The van der Waals surface area contributed by atoms with Crippen molar-refractivity contribution in [3.05, 3.63) is 42.0 Å². The van der Waals surface area contributed by atoms with Gasteiger partial charge in [0.2, 0.25) is 0 Å². The molecule has 0 unspecified atom stereocenters. The second kappa shape index (κ2) is 5.70. The smallest absolute Gasteiger partial charge is 0.318 e. The van der Waals surface area contributed by atoms with Crippen LogP contribution in [0.5, 0.6) is 0 Å². The lowest BCUT2D eigenvalue weighted by Crippen LogP contribution is -2.22. The molecule has 0 aliphatic carbocycles. The number of rotatable bonds is 5. The van der Waals surface area contributed by atoms with Crippen LogP contribution < -0.4 is 0 Å². The van der Waals surface area contributed by atoms with Gasteiger partial charge < -0.3 is 10.2 Å². The summed E-state index contributed by atoms with van der Waals surface area (Å²) in [5.41, 5.74) is 0.914. The molecular formula is C12H12O4. The van der Waals surface area contributed by atoms with Crippen LogP contribution in [0.15, 0.2) is 36.4 Å². The molecule has 4 nitrogen and oxygen atoms in total. The Morgan fingerprint density at radius 3 is 2.19 bits per heavy atom. The van der Waals surface area contributed by atoms with Gasteiger partial charge in [0, 0.05) is 0 Å². The van der Waals surface area contributed by atoms with Crippen molar-refractivity contribution >= 4 is 18.0 Å². The van der Waals surface area contributed by atoms with Gasteiger partial charge in [0.05, 0.1) is 0 Å². The summed E-state index contributed by atoms with van der Waals surface area (Å²) in [7, 11) is 0. The summed E-state index contributed by atoms with van der Waals surface area (Å²) in [6, 6.07) is 9.28. The zero-order chi connectivity index (χ0) is 12.0. The van der Waals surface area contributed by atoms with Crippen LogP contribution in [-0.2, 0) is 9.59 Å². The van der Waals surface area contributed by atoms with Crippen LogP contribution in [0.4, 0.5) is 0 Å². The van der Waals surface area contributed by atoms with Gasteiger partial charge in [-0.1, -0.05) is 42.5 Å². The average Bonchev–Trinajstić information content (AvgIpc) is 2.24. The van der Waals surface area contributed by atoms with Crippen molar-refractivity contribution in [1.82, 2.24) is 0 Å². The van der Waals surface area contributed by atoms with Crippen molar-refractivity contribution in [3.8, 4) is 0 Å². The van der Waals surface area contributed by atoms with Gasteiger partial charge in [-0.2, -0.15) is 0 Å². The standard InChI is InChI=1S/C12H12O4/c13-11(14)10(12(15)16)8-4-7-9-5-2-1-3-6-9/h1-7,10H,8H2,(H,13,14)(H,15,16). The van der Waals surface area contributed by atoms with E-state index in [1.54, 1.807) is 12.2 Å². The Balaban J connectivity index is 2.59. The maximum atomic E-state index is 10.6. The third-order valence-corrected chi connectivity index (χ3v) is 2.08. The second-order valence-corrected chi connectivity index (χ2v) is 3.28. The van der Waals surface area contributed by atoms with E-state index in [9.17, 15) is 9.59 Å². The van der Waals surface area contributed by atoms with E-state index in [-0.39, 0.29) is 6.42 Å². The highest BCUT2D eigenvalue weighted by Gasteiger charge is 2.23. The Kier molecular flexibility index (Phi) is 4.27. The van der Waals surface area contributed by atoms with Crippen LogP contribution in [-0.4, -0.2) is 22.2 Å². The molecule has 0 saturated heterocycles. The molecule has 16 heavy (non-hydrogen) atoms. The Hall–Kier alpha value is -2.10. The van der Waals surface area contributed by atoms with Crippen molar-refractivity contribution < 1.29 is 19.8 Å². The van der Waals surface area contributed by atoms with Crippen LogP contribution in [0.1, 0.15) is 12.0 Å². The number of allylic oxidation sites excluding steroid dienone is 1. The Bertz CT molecular complexity index is 381.